The molecule has 0 amide bonds. The van der Waals surface area contributed by atoms with E-state index in [1.165, 1.54) is 0 Å². The number of ether oxygens (including phenoxy) is 2. The number of thiophene rings is 1. The molecule has 1 unspecified atom stereocenters. The van der Waals surface area contributed by atoms with Gasteiger partial charge in [0.15, 0.2) is 11.5 Å². The summed E-state index contributed by atoms with van der Waals surface area (Å²) in [5, 5.41) is 2.07. The molecule has 4 rings (SSSR count). The largest absolute Gasteiger partial charge is 0.486 e. The Labute approximate surface area is 161 Å². The zero-order valence-electron chi connectivity index (χ0n) is 13.6. The molecule has 2 aliphatic rings. The Morgan fingerprint density at radius 3 is 2.68 bits per heavy atom. The summed E-state index contributed by atoms with van der Waals surface area (Å²) in [5.74, 6) is 2.55. The highest BCUT2D eigenvalue weighted by atomic mass is 35.5. The number of hydrogen-bond donors (Lipinski definition) is 0. The molecule has 0 bridgehead atoms. The number of nitrogens with zero attached hydrogens (tertiary/aromatic N) is 2. The third-order valence-electron chi connectivity index (χ3n) is 4.38. The molecular weight excluding hydrogens is 379 g/mol. The van der Waals surface area contributed by atoms with Crippen molar-refractivity contribution in [3.63, 3.8) is 0 Å². The molecule has 2 aliphatic heterocycles. The van der Waals surface area contributed by atoms with E-state index < -0.39 is 0 Å². The molecule has 0 saturated heterocycles. The van der Waals surface area contributed by atoms with E-state index in [2.05, 4.69) is 16.3 Å². The maximum atomic E-state index is 6.26. The Balaban J connectivity index is 1.90. The maximum absolute atomic E-state index is 6.26. The lowest BCUT2D eigenvalue weighted by molar-refractivity contribution is 0.171. The third-order valence-corrected chi connectivity index (χ3v) is 5.79. The van der Waals surface area contributed by atoms with Gasteiger partial charge in [-0.2, -0.15) is 0 Å². The van der Waals surface area contributed by atoms with Crippen LogP contribution in [0.2, 0.25) is 0 Å². The SMILES string of the molecule is ClCCN1c2cc3c(cc2C(c2cccs2)=NCC1CCl)OCCO3. The number of alkyl halides is 2. The topological polar surface area (TPSA) is 34.1 Å². The van der Waals surface area contributed by atoms with Gasteiger partial charge in [-0.05, 0) is 17.5 Å². The van der Waals surface area contributed by atoms with Gasteiger partial charge in [0.05, 0.1) is 28.9 Å². The van der Waals surface area contributed by atoms with Crippen molar-refractivity contribution >= 4 is 45.9 Å². The minimum Gasteiger partial charge on any atom is -0.486 e. The lowest BCUT2D eigenvalue weighted by atomic mass is 10.0. The lowest BCUT2D eigenvalue weighted by Gasteiger charge is -2.32. The van der Waals surface area contributed by atoms with Crippen molar-refractivity contribution in [1.29, 1.82) is 0 Å². The Morgan fingerprint density at radius 1 is 1.20 bits per heavy atom. The normalized spacial score (nSPS) is 19.2. The zero-order valence-corrected chi connectivity index (χ0v) is 15.9. The number of aliphatic imine (C=N–C) groups is 1. The quantitative estimate of drug-likeness (QED) is 0.731. The molecule has 25 heavy (non-hydrogen) atoms. The molecule has 7 heteroatoms. The van der Waals surface area contributed by atoms with Crippen LogP contribution in [0, 0.1) is 0 Å². The van der Waals surface area contributed by atoms with E-state index in [1.54, 1.807) is 11.3 Å². The molecule has 2 aromatic rings. The minimum atomic E-state index is 0.0965. The monoisotopic (exact) mass is 396 g/mol. The van der Waals surface area contributed by atoms with E-state index in [1.807, 2.05) is 18.2 Å². The van der Waals surface area contributed by atoms with Gasteiger partial charge in [-0.25, -0.2) is 0 Å². The van der Waals surface area contributed by atoms with Gasteiger partial charge < -0.3 is 14.4 Å². The van der Waals surface area contributed by atoms with Gasteiger partial charge in [-0.15, -0.1) is 34.5 Å². The maximum Gasteiger partial charge on any atom is 0.163 e. The van der Waals surface area contributed by atoms with Crippen molar-refractivity contribution < 1.29 is 9.47 Å². The summed E-state index contributed by atoms with van der Waals surface area (Å²) in [7, 11) is 0. The molecular formula is C18H18Cl2N2O2S. The van der Waals surface area contributed by atoms with Crippen molar-refractivity contribution in [2.75, 3.05) is 43.0 Å². The second-order valence-electron chi connectivity index (χ2n) is 5.87. The Kier molecular flexibility index (Phi) is 5.06. The zero-order chi connectivity index (χ0) is 17.2. The summed E-state index contributed by atoms with van der Waals surface area (Å²) in [6.45, 7) is 2.46. The summed E-state index contributed by atoms with van der Waals surface area (Å²) in [6.07, 6.45) is 0. The number of halogens is 2. The first kappa shape index (κ1) is 17.0. The van der Waals surface area contributed by atoms with Gasteiger partial charge in [0.1, 0.15) is 13.2 Å². The predicted molar refractivity (Wildman–Crippen MR) is 105 cm³/mol. The fourth-order valence-electron chi connectivity index (χ4n) is 3.23. The Hall–Kier alpha value is -1.43. The standard InChI is InChI=1S/C18H18Cl2N2O2S/c19-3-4-22-12(10-20)11-21-18(17-2-1-7-25-17)13-8-15-16(9-14(13)22)24-6-5-23-15/h1-2,7-9,12H,3-6,10-11H2. The van der Waals surface area contributed by atoms with Crippen LogP contribution in [0.25, 0.3) is 0 Å². The molecule has 0 radical (unpaired) electrons. The van der Waals surface area contributed by atoms with Crippen LogP contribution >= 0.6 is 34.5 Å². The minimum absolute atomic E-state index is 0.0965. The summed E-state index contributed by atoms with van der Waals surface area (Å²) in [4.78, 5) is 8.29. The van der Waals surface area contributed by atoms with Crippen LogP contribution in [0.1, 0.15) is 10.4 Å². The highest BCUT2D eigenvalue weighted by molar-refractivity contribution is 7.12. The van der Waals surface area contributed by atoms with Crippen LogP contribution in [-0.2, 0) is 0 Å². The molecule has 1 aromatic carbocycles. The molecule has 132 valence electrons. The summed E-state index contributed by atoms with van der Waals surface area (Å²) in [5.41, 5.74) is 3.08. The number of benzene rings is 1. The van der Waals surface area contributed by atoms with Gasteiger partial charge >= 0.3 is 0 Å². The summed E-state index contributed by atoms with van der Waals surface area (Å²) >= 11 is 14.0. The van der Waals surface area contributed by atoms with E-state index >= 15 is 0 Å². The average molecular weight is 397 g/mol. The predicted octanol–water partition coefficient (Wildman–Crippen LogP) is 4.02. The first-order valence-corrected chi connectivity index (χ1v) is 10.2. The van der Waals surface area contributed by atoms with E-state index in [-0.39, 0.29) is 6.04 Å². The van der Waals surface area contributed by atoms with Crippen LogP contribution in [-0.4, -0.2) is 49.8 Å². The molecule has 0 N–H and O–H groups in total. The Bertz CT molecular complexity index is 780. The van der Waals surface area contributed by atoms with E-state index in [4.69, 9.17) is 37.7 Å². The fourth-order valence-corrected chi connectivity index (χ4v) is 4.43. The third kappa shape index (κ3) is 3.21. The van der Waals surface area contributed by atoms with Crippen LogP contribution in [0.15, 0.2) is 34.6 Å². The lowest BCUT2D eigenvalue weighted by Crippen LogP contribution is -2.40. The highest BCUT2D eigenvalue weighted by Gasteiger charge is 2.29. The van der Waals surface area contributed by atoms with Gasteiger partial charge in [0, 0.05) is 29.9 Å². The van der Waals surface area contributed by atoms with Crippen molar-refractivity contribution in [2.24, 2.45) is 4.99 Å². The number of rotatable bonds is 4. The smallest absolute Gasteiger partial charge is 0.163 e. The van der Waals surface area contributed by atoms with E-state index in [9.17, 15) is 0 Å². The van der Waals surface area contributed by atoms with Crippen LogP contribution in [0.5, 0.6) is 11.5 Å². The van der Waals surface area contributed by atoms with Gasteiger partial charge in [-0.3, -0.25) is 4.99 Å². The number of anilines is 1. The number of hydrogen-bond acceptors (Lipinski definition) is 5. The molecule has 1 aromatic heterocycles. The van der Waals surface area contributed by atoms with E-state index in [0.29, 0.717) is 38.1 Å². The molecule has 0 fully saturated rings. The molecule has 4 nitrogen and oxygen atoms in total. The molecule has 0 saturated carbocycles. The van der Waals surface area contributed by atoms with E-state index in [0.717, 1.165) is 33.3 Å². The summed E-state index contributed by atoms with van der Waals surface area (Å²) in [6, 6.07) is 8.32. The van der Waals surface area contributed by atoms with Gasteiger partial charge in [0.2, 0.25) is 0 Å². The van der Waals surface area contributed by atoms with Gasteiger partial charge in [-0.1, -0.05) is 6.07 Å². The average Bonchev–Trinajstić information content (AvgIpc) is 3.13. The van der Waals surface area contributed by atoms with Crippen LogP contribution in [0.3, 0.4) is 0 Å². The Morgan fingerprint density at radius 2 is 2.00 bits per heavy atom. The van der Waals surface area contributed by atoms with Crippen molar-refractivity contribution in [3.05, 3.63) is 40.1 Å². The van der Waals surface area contributed by atoms with Crippen molar-refractivity contribution in [2.45, 2.75) is 6.04 Å². The highest BCUT2D eigenvalue weighted by Crippen LogP contribution is 2.40. The molecule has 0 spiro atoms. The first-order chi connectivity index (χ1) is 12.3. The second-order valence-corrected chi connectivity index (χ2v) is 7.50. The second kappa shape index (κ2) is 7.44. The van der Waals surface area contributed by atoms with Crippen molar-refractivity contribution in [1.82, 2.24) is 0 Å². The van der Waals surface area contributed by atoms with Gasteiger partial charge in [0.25, 0.3) is 0 Å². The van der Waals surface area contributed by atoms with Crippen LogP contribution < -0.4 is 14.4 Å². The number of fused-ring (bicyclic) bond motifs is 2. The molecule has 1 atom stereocenters. The molecule has 0 aliphatic carbocycles. The fraction of sp³-hybridized carbons (Fsp3) is 0.389. The molecule has 3 heterocycles. The summed E-state index contributed by atoms with van der Waals surface area (Å²) < 4.78 is 11.6. The first-order valence-electron chi connectivity index (χ1n) is 8.22. The van der Waals surface area contributed by atoms with Crippen LogP contribution in [0.4, 0.5) is 5.69 Å². The van der Waals surface area contributed by atoms with Crippen molar-refractivity contribution in [3.8, 4) is 11.5 Å².